The van der Waals surface area contributed by atoms with Crippen molar-refractivity contribution in [3.05, 3.63) is 54.5 Å². The third-order valence-corrected chi connectivity index (χ3v) is 5.17. The average Bonchev–Trinajstić information content (AvgIpc) is 2.78. The Morgan fingerprint density at radius 1 is 0.905 bits per heavy atom. The highest BCUT2D eigenvalue weighted by Gasteiger charge is 2.42. The van der Waals surface area contributed by atoms with Crippen molar-refractivity contribution in [3.8, 4) is 0 Å². The van der Waals surface area contributed by atoms with E-state index in [4.69, 9.17) is 0 Å². The van der Waals surface area contributed by atoms with E-state index in [2.05, 4.69) is 39.1 Å². The van der Waals surface area contributed by atoms with Crippen LogP contribution in [0, 0.1) is 17.8 Å². The van der Waals surface area contributed by atoms with E-state index in [-0.39, 0.29) is 0 Å². The fourth-order valence-electron chi connectivity index (χ4n) is 4.16. The van der Waals surface area contributed by atoms with E-state index in [1.54, 1.807) is 0 Å². The molecule has 2 fully saturated rings. The molecule has 21 heavy (non-hydrogen) atoms. The Morgan fingerprint density at radius 3 is 2.24 bits per heavy atom. The van der Waals surface area contributed by atoms with Gasteiger partial charge in [-0.3, -0.25) is 4.98 Å². The summed E-state index contributed by atoms with van der Waals surface area (Å²) in [5.41, 5.74) is 1.26. The third-order valence-electron chi connectivity index (χ3n) is 5.17. The van der Waals surface area contributed by atoms with Gasteiger partial charge >= 0.3 is 0 Å². The molecular formula is C18H21N3. The lowest BCUT2D eigenvalue weighted by Crippen LogP contribution is -2.43. The van der Waals surface area contributed by atoms with Crippen molar-refractivity contribution >= 4 is 5.82 Å². The number of hydrogen-bond donors (Lipinski definition) is 0. The topological polar surface area (TPSA) is 29.0 Å². The molecule has 3 nitrogen and oxygen atoms in total. The van der Waals surface area contributed by atoms with E-state index >= 15 is 0 Å². The van der Waals surface area contributed by atoms with Crippen LogP contribution in [0.1, 0.15) is 18.5 Å². The number of hydrogen-bond acceptors (Lipinski definition) is 3. The lowest BCUT2D eigenvalue weighted by atomic mass is 9.81. The highest BCUT2D eigenvalue weighted by molar-refractivity contribution is 5.39. The Morgan fingerprint density at radius 2 is 1.62 bits per heavy atom. The Labute approximate surface area is 126 Å². The fourth-order valence-corrected chi connectivity index (χ4v) is 4.16. The molecule has 0 spiro atoms. The summed E-state index contributed by atoms with van der Waals surface area (Å²) in [6, 6.07) is 12.5. The minimum atomic E-state index is 0.799. The summed E-state index contributed by atoms with van der Waals surface area (Å²) in [4.78, 5) is 11.5. The predicted molar refractivity (Wildman–Crippen MR) is 84.1 cm³/mol. The van der Waals surface area contributed by atoms with Gasteiger partial charge in [0.1, 0.15) is 5.82 Å². The monoisotopic (exact) mass is 279 g/mol. The van der Waals surface area contributed by atoms with Crippen LogP contribution in [0.3, 0.4) is 0 Å². The molecular weight excluding hydrogens is 258 g/mol. The summed E-state index contributed by atoms with van der Waals surface area (Å²) in [7, 11) is 0. The van der Waals surface area contributed by atoms with Crippen molar-refractivity contribution in [1.29, 1.82) is 0 Å². The highest BCUT2D eigenvalue weighted by Crippen LogP contribution is 2.44. The maximum Gasteiger partial charge on any atom is 0.128 e. The van der Waals surface area contributed by atoms with Gasteiger partial charge in [-0.25, -0.2) is 4.98 Å². The van der Waals surface area contributed by atoms with Crippen molar-refractivity contribution in [2.24, 2.45) is 17.8 Å². The fraction of sp³-hybridized carbons (Fsp3) is 0.444. The van der Waals surface area contributed by atoms with Gasteiger partial charge in [-0.05, 0) is 61.3 Å². The van der Waals surface area contributed by atoms with Crippen molar-refractivity contribution in [2.45, 2.75) is 19.3 Å². The molecule has 0 aromatic carbocycles. The first-order valence-electron chi connectivity index (χ1n) is 7.96. The SMILES string of the molecule is c1ccc(CC2[C@@H]3CC[C@H]2CN(c2ccccn2)C3)nc1. The largest absolute Gasteiger partial charge is 0.356 e. The van der Waals surface area contributed by atoms with Gasteiger partial charge in [0.15, 0.2) is 0 Å². The van der Waals surface area contributed by atoms with E-state index in [0.717, 1.165) is 43.1 Å². The first-order chi connectivity index (χ1) is 10.4. The first kappa shape index (κ1) is 12.8. The first-order valence-corrected chi connectivity index (χ1v) is 7.96. The van der Waals surface area contributed by atoms with Crippen molar-refractivity contribution in [1.82, 2.24) is 9.97 Å². The molecule has 1 aliphatic heterocycles. The summed E-state index contributed by atoms with van der Waals surface area (Å²) >= 11 is 0. The van der Waals surface area contributed by atoms with E-state index in [1.807, 2.05) is 24.5 Å². The van der Waals surface area contributed by atoms with Crippen LogP contribution in [-0.4, -0.2) is 23.1 Å². The average molecular weight is 279 g/mol. The zero-order chi connectivity index (χ0) is 14.1. The number of anilines is 1. The maximum atomic E-state index is 4.52. The molecule has 0 N–H and O–H groups in total. The van der Waals surface area contributed by atoms with Gasteiger partial charge in [0.05, 0.1) is 0 Å². The second-order valence-corrected chi connectivity index (χ2v) is 6.38. The summed E-state index contributed by atoms with van der Waals surface area (Å²) in [6.45, 7) is 2.32. The van der Waals surface area contributed by atoms with Crippen molar-refractivity contribution < 1.29 is 0 Å². The normalized spacial score (nSPS) is 27.8. The molecule has 1 saturated carbocycles. The molecule has 0 radical (unpaired) electrons. The van der Waals surface area contributed by atoms with Crippen LogP contribution in [0.2, 0.25) is 0 Å². The highest BCUT2D eigenvalue weighted by atomic mass is 15.2. The molecule has 3 heterocycles. The maximum absolute atomic E-state index is 4.52. The minimum Gasteiger partial charge on any atom is -0.356 e. The summed E-state index contributed by atoms with van der Waals surface area (Å²) < 4.78 is 0. The van der Waals surface area contributed by atoms with Gasteiger partial charge in [0.2, 0.25) is 0 Å². The predicted octanol–water partition coefficient (Wildman–Crippen LogP) is 3.18. The Balaban J connectivity index is 1.49. The van der Waals surface area contributed by atoms with Crippen LogP contribution in [0.15, 0.2) is 48.8 Å². The number of pyridine rings is 2. The van der Waals surface area contributed by atoms with E-state index < -0.39 is 0 Å². The van der Waals surface area contributed by atoms with E-state index in [1.165, 1.54) is 18.5 Å². The van der Waals surface area contributed by atoms with Gasteiger partial charge in [0, 0.05) is 31.2 Å². The van der Waals surface area contributed by atoms with E-state index in [9.17, 15) is 0 Å². The lowest BCUT2D eigenvalue weighted by molar-refractivity contribution is 0.267. The number of nitrogens with zero attached hydrogens (tertiary/aromatic N) is 3. The minimum absolute atomic E-state index is 0.799. The lowest BCUT2D eigenvalue weighted by Gasteiger charge is -2.38. The molecule has 108 valence electrons. The Bertz CT molecular complexity index is 570. The zero-order valence-corrected chi connectivity index (χ0v) is 12.2. The van der Waals surface area contributed by atoms with Gasteiger partial charge in [0.25, 0.3) is 0 Å². The molecule has 3 heteroatoms. The van der Waals surface area contributed by atoms with Gasteiger partial charge in [-0.2, -0.15) is 0 Å². The van der Waals surface area contributed by atoms with Gasteiger partial charge in [-0.1, -0.05) is 12.1 Å². The molecule has 1 saturated heterocycles. The van der Waals surface area contributed by atoms with Crippen LogP contribution in [0.4, 0.5) is 5.82 Å². The van der Waals surface area contributed by atoms with Crippen LogP contribution in [0.5, 0.6) is 0 Å². The van der Waals surface area contributed by atoms with Crippen LogP contribution < -0.4 is 4.90 Å². The molecule has 2 aliphatic rings. The number of fused-ring (bicyclic) bond motifs is 2. The number of aromatic nitrogens is 2. The van der Waals surface area contributed by atoms with Crippen LogP contribution >= 0.6 is 0 Å². The van der Waals surface area contributed by atoms with Crippen molar-refractivity contribution in [3.63, 3.8) is 0 Å². The Hall–Kier alpha value is -1.90. The van der Waals surface area contributed by atoms with Crippen molar-refractivity contribution in [2.75, 3.05) is 18.0 Å². The quantitative estimate of drug-likeness (QED) is 0.864. The molecule has 2 bridgehead atoms. The smallest absolute Gasteiger partial charge is 0.128 e. The van der Waals surface area contributed by atoms with Gasteiger partial charge in [-0.15, -0.1) is 0 Å². The second kappa shape index (κ2) is 5.47. The molecule has 3 atom stereocenters. The third kappa shape index (κ3) is 2.53. The summed E-state index contributed by atoms with van der Waals surface area (Å²) in [6.07, 6.45) is 7.70. The molecule has 2 aromatic rings. The van der Waals surface area contributed by atoms with Crippen LogP contribution in [0.25, 0.3) is 0 Å². The summed E-state index contributed by atoms with van der Waals surface area (Å²) in [5, 5.41) is 0. The molecule has 2 aromatic heterocycles. The zero-order valence-electron chi connectivity index (χ0n) is 12.2. The molecule has 1 aliphatic carbocycles. The standard InChI is InChI=1S/C18H21N3/c1-3-9-19-16(5-1)11-17-14-7-8-15(17)13-21(12-14)18-6-2-4-10-20-18/h1-6,9-10,14-15,17H,7-8,11-13H2/t14-,15+,17?. The molecule has 4 rings (SSSR count). The number of rotatable bonds is 3. The Kier molecular flexibility index (Phi) is 3.34. The molecule has 0 amide bonds. The van der Waals surface area contributed by atoms with E-state index in [0.29, 0.717) is 0 Å². The molecule has 1 unspecified atom stereocenters. The number of piperidine rings is 1. The second-order valence-electron chi connectivity index (χ2n) is 6.38. The van der Waals surface area contributed by atoms with Crippen LogP contribution in [-0.2, 0) is 6.42 Å². The van der Waals surface area contributed by atoms with Gasteiger partial charge < -0.3 is 4.90 Å². The summed E-state index contributed by atoms with van der Waals surface area (Å²) in [5.74, 6) is 3.55.